The molecule has 0 radical (unpaired) electrons. The number of carbonyl (C=O) groups is 3. The van der Waals surface area contributed by atoms with E-state index in [0.29, 0.717) is 53.3 Å². The molecule has 5 rings (SSSR count). The molecule has 52 heavy (non-hydrogen) atoms. The lowest BCUT2D eigenvalue weighted by Crippen LogP contribution is -2.36. The van der Waals surface area contributed by atoms with Crippen molar-refractivity contribution >= 4 is 47.1 Å². The van der Waals surface area contributed by atoms with Crippen LogP contribution in [-0.2, 0) is 17.9 Å². The normalized spacial score (nSPS) is 10.5. The zero-order valence-electron chi connectivity index (χ0n) is 30.3. The number of nitrogen functional groups attached to an aromatic ring is 2. The number of nitrogens with two attached hydrogens (primary N) is 2. The monoisotopic (exact) mass is 711 g/mol. The third-order valence-corrected chi connectivity index (χ3v) is 7.08. The molecule has 14 heteroatoms. The molecule has 0 saturated carbocycles. The van der Waals surface area contributed by atoms with Crippen LogP contribution in [0.1, 0.15) is 64.2 Å². The van der Waals surface area contributed by atoms with Crippen LogP contribution in [0.2, 0.25) is 0 Å². The molecule has 0 bridgehead atoms. The van der Waals surface area contributed by atoms with Crippen LogP contribution in [0, 0.1) is 6.92 Å². The van der Waals surface area contributed by atoms with Gasteiger partial charge in [-0.2, -0.15) is 9.97 Å². The van der Waals surface area contributed by atoms with Crippen LogP contribution in [0.4, 0.5) is 17.5 Å². The molecule has 1 atom stereocenters. The third-order valence-electron chi connectivity index (χ3n) is 7.08. The molecule has 276 valence electrons. The fraction of sp³-hybridized carbons (Fsp3) is 0.289. The van der Waals surface area contributed by atoms with E-state index in [-0.39, 0.29) is 17.7 Å². The van der Waals surface area contributed by atoms with E-state index in [1.54, 1.807) is 36.5 Å². The summed E-state index contributed by atoms with van der Waals surface area (Å²) in [6.07, 6.45) is 4.55. The molecule has 2 heterocycles. The Morgan fingerprint density at radius 3 is 2.33 bits per heavy atom. The van der Waals surface area contributed by atoms with Crippen LogP contribution < -0.4 is 32.2 Å². The van der Waals surface area contributed by atoms with E-state index in [1.165, 1.54) is 0 Å². The summed E-state index contributed by atoms with van der Waals surface area (Å²) >= 11 is 0. The Morgan fingerprint density at radius 2 is 1.67 bits per heavy atom. The summed E-state index contributed by atoms with van der Waals surface area (Å²) in [5, 5.41) is 16.0. The number of hydrogen-bond donors (Lipinski definition) is 6. The Hall–Kier alpha value is -5.99. The lowest BCUT2D eigenvalue weighted by Gasteiger charge is -2.13. The molecule has 0 aliphatic heterocycles. The van der Waals surface area contributed by atoms with Gasteiger partial charge in [0.25, 0.3) is 5.91 Å². The minimum atomic E-state index is -0.503. The summed E-state index contributed by atoms with van der Waals surface area (Å²) in [6.45, 7) is 7.63. The SMILES string of the molecule is CC.CNCCCC(C=O)NC(=O)c1ccc(NCc2cnc3nc(N)nc(N)c3n2)cc1.CO.Cc1ccc(C=O)c(OCc2ccccc2)c1. The Balaban J connectivity index is 0.000000376. The predicted molar refractivity (Wildman–Crippen MR) is 205 cm³/mol. The molecule has 3 aromatic carbocycles. The highest BCUT2D eigenvalue weighted by atomic mass is 16.5. The van der Waals surface area contributed by atoms with E-state index in [4.69, 9.17) is 21.3 Å². The van der Waals surface area contributed by atoms with Crippen molar-refractivity contribution in [2.24, 2.45) is 0 Å². The minimum absolute atomic E-state index is 0.0479. The molecule has 0 spiro atoms. The van der Waals surface area contributed by atoms with E-state index in [9.17, 15) is 14.4 Å². The van der Waals surface area contributed by atoms with E-state index < -0.39 is 6.04 Å². The number of nitrogens with zero attached hydrogens (tertiary/aromatic N) is 4. The van der Waals surface area contributed by atoms with Crippen LogP contribution >= 0.6 is 0 Å². The largest absolute Gasteiger partial charge is 0.488 e. The molecule has 14 nitrogen and oxygen atoms in total. The number of nitrogens with one attached hydrogen (secondary N) is 3. The summed E-state index contributed by atoms with van der Waals surface area (Å²) in [5.74, 6) is 0.575. The molecule has 0 aliphatic carbocycles. The Bertz CT molecular complexity index is 1820. The second-order valence-electron chi connectivity index (χ2n) is 10.8. The fourth-order valence-electron chi connectivity index (χ4n) is 4.52. The fourth-order valence-corrected chi connectivity index (χ4v) is 4.52. The van der Waals surface area contributed by atoms with E-state index in [2.05, 4.69) is 35.9 Å². The van der Waals surface area contributed by atoms with Gasteiger partial charge >= 0.3 is 0 Å². The first kappa shape index (κ1) is 42.2. The molecule has 5 aromatic rings. The Labute approximate surface area is 304 Å². The number of ether oxygens (including phenoxy) is 1. The van der Waals surface area contributed by atoms with Gasteiger partial charge in [0.15, 0.2) is 23.3 Å². The van der Waals surface area contributed by atoms with Crippen LogP contribution in [-0.4, -0.2) is 70.3 Å². The number of aromatic nitrogens is 4. The van der Waals surface area contributed by atoms with Crippen molar-refractivity contribution in [2.75, 3.05) is 37.5 Å². The van der Waals surface area contributed by atoms with E-state index in [0.717, 1.165) is 49.5 Å². The van der Waals surface area contributed by atoms with Crippen molar-refractivity contribution in [1.82, 2.24) is 30.6 Å². The summed E-state index contributed by atoms with van der Waals surface area (Å²) in [5.41, 5.74) is 16.8. The summed E-state index contributed by atoms with van der Waals surface area (Å²) < 4.78 is 5.66. The molecular formula is C38H49N9O5. The number of hydrogen-bond acceptors (Lipinski definition) is 13. The van der Waals surface area contributed by atoms with Crippen LogP contribution in [0.15, 0.2) is 79.0 Å². The second kappa shape index (κ2) is 23.4. The first-order chi connectivity index (χ1) is 25.3. The number of fused-ring (bicyclic) bond motifs is 1. The molecule has 0 saturated heterocycles. The van der Waals surface area contributed by atoms with Gasteiger partial charge in [-0.15, -0.1) is 0 Å². The third kappa shape index (κ3) is 13.7. The molecule has 1 unspecified atom stereocenters. The summed E-state index contributed by atoms with van der Waals surface area (Å²) in [4.78, 5) is 50.9. The van der Waals surface area contributed by atoms with Gasteiger partial charge in [0.2, 0.25) is 5.95 Å². The van der Waals surface area contributed by atoms with Crippen LogP contribution in [0.3, 0.4) is 0 Å². The number of anilines is 3. The summed E-state index contributed by atoms with van der Waals surface area (Å²) in [7, 11) is 2.84. The van der Waals surface area contributed by atoms with Gasteiger partial charge in [0, 0.05) is 18.4 Å². The number of aliphatic hydroxyl groups excluding tert-OH is 1. The quantitative estimate of drug-likeness (QED) is 0.0690. The molecule has 0 fully saturated rings. The molecule has 8 N–H and O–H groups in total. The van der Waals surface area contributed by atoms with E-state index in [1.807, 2.05) is 70.3 Å². The van der Waals surface area contributed by atoms with Crippen molar-refractivity contribution in [1.29, 1.82) is 0 Å². The standard InChI is InChI=1S/C20H25N9O2.C15H14O2.C2H6.CH4O/c1-23-8-2-3-14(11-30)27-19(31)12-4-6-13(7-5-12)24-9-15-10-25-18-16(26-15)17(21)28-20(22)29-18;1-12-7-8-14(10-16)15(9-12)17-11-13-5-3-2-4-6-13;2*1-2/h4-7,10-11,14,23-24H,2-3,8-9H2,1H3,(H,27,31)(H4,21,22,25,28,29);2-10H,11H2,1H3;1-2H3;2H,1H3. The summed E-state index contributed by atoms with van der Waals surface area (Å²) in [6, 6.07) is 21.9. The average Bonchev–Trinajstić information content (AvgIpc) is 3.18. The number of rotatable bonds is 14. The number of carbonyl (C=O) groups excluding carboxylic acids is 3. The van der Waals surface area contributed by atoms with Crippen molar-refractivity contribution in [3.05, 3.63) is 107 Å². The Kier molecular flexibility index (Phi) is 19.0. The maximum atomic E-state index is 12.4. The van der Waals surface area contributed by atoms with Crippen molar-refractivity contribution in [3.8, 4) is 5.75 Å². The number of aldehydes is 2. The van der Waals surface area contributed by atoms with E-state index >= 15 is 0 Å². The Morgan fingerprint density at radius 1 is 0.962 bits per heavy atom. The van der Waals surface area contributed by atoms with Gasteiger partial charge in [-0.3, -0.25) is 9.59 Å². The first-order valence-corrected chi connectivity index (χ1v) is 16.8. The highest BCUT2D eigenvalue weighted by Gasteiger charge is 2.13. The molecular weight excluding hydrogens is 662 g/mol. The highest BCUT2D eigenvalue weighted by molar-refractivity contribution is 5.96. The van der Waals surface area contributed by atoms with Gasteiger partial charge in [0.1, 0.15) is 18.6 Å². The smallest absolute Gasteiger partial charge is 0.251 e. The lowest BCUT2D eigenvalue weighted by atomic mass is 10.1. The number of amides is 1. The topological polar surface area (TPSA) is 220 Å². The zero-order chi connectivity index (χ0) is 38.3. The second-order valence-corrected chi connectivity index (χ2v) is 10.8. The van der Waals surface area contributed by atoms with Crippen LogP contribution in [0.25, 0.3) is 11.2 Å². The maximum absolute atomic E-state index is 12.4. The molecule has 1 amide bonds. The van der Waals surface area contributed by atoms with Crippen molar-refractivity contribution in [2.45, 2.75) is 52.8 Å². The highest BCUT2D eigenvalue weighted by Crippen LogP contribution is 2.20. The van der Waals surface area contributed by atoms with Gasteiger partial charge in [0.05, 0.1) is 30.0 Å². The van der Waals surface area contributed by atoms with Gasteiger partial charge in [-0.1, -0.05) is 50.2 Å². The molecule has 2 aromatic heterocycles. The minimum Gasteiger partial charge on any atom is -0.488 e. The van der Waals surface area contributed by atoms with Gasteiger partial charge in [-0.05, 0) is 80.9 Å². The number of aryl methyl sites for hydroxylation is 1. The van der Waals surface area contributed by atoms with Crippen molar-refractivity contribution in [3.63, 3.8) is 0 Å². The average molecular weight is 712 g/mol. The molecule has 0 aliphatic rings. The number of aliphatic hydroxyl groups is 1. The van der Waals surface area contributed by atoms with Gasteiger partial charge < -0.3 is 42.1 Å². The van der Waals surface area contributed by atoms with Crippen LogP contribution in [0.5, 0.6) is 5.75 Å². The maximum Gasteiger partial charge on any atom is 0.251 e. The van der Waals surface area contributed by atoms with Gasteiger partial charge in [-0.25, -0.2) is 9.97 Å². The predicted octanol–water partition coefficient (Wildman–Crippen LogP) is 4.51. The zero-order valence-corrected chi connectivity index (χ0v) is 30.3. The number of benzene rings is 3. The lowest BCUT2D eigenvalue weighted by molar-refractivity contribution is -0.109. The first-order valence-electron chi connectivity index (χ1n) is 16.8. The van der Waals surface area contributed by atoms with Crippen molar-refractivity contribution < 1.29 is 24.2 Å².